The molecule has 0 radical (unpaired) electrons. The molecule has 2 aliphatic rings. The van der Waals surface area contributed by atoms with E-state index < -0.39 is 15.6 Å². The van der Waals surface area contributed by atoms with Crippen LogP contribution in [0, 0.1) is 0 Å². The van der Waals surface area contributed by atoms with Crippen LogP contribution in [0.25, 0.3) is 0 Å². The molecule has 100 valence electrons. The second kappa shape index (κ2) is 4.50. The van der Waals surface area contributed by atoms with Crippen molar-refractivity contribution >= 4 is 10.0 Å². The normalized spacial score (nSPS) is 31.8. The maximum absolute atomic E-state index is 12.6. The van der Waals surface area contributed by atoms with Crippen LogP contribution in [0.2, 0.25) is 0 Å². The highest BCUT2D eigenvalue weighted by atomic mass is 32.2. The number of hydrogen-bond donors (Lipinski definition) is 1. The van der Waals surface area contributed by atoms with Crippen molar-refractivity contribution in [2.24, 2.45) is 5.73 Å². The summed E-state index contributed by atoms with van der Waals surface area (Å²) in [5, 5.41) is -0.291. The molecule has 5 nitrogen and oxygen atoms in total. The molecule has 0 bridgehead atoms. The Hall–Kier alpha value is -0.170. The zero-order valence-electron chi connectivity index (χ0n) is 10.6. The lowest BCUT2D eigenvalue weighted by Crippen LogP contribution is -2.53. The Morgan fingerprint density at radius 3 is 2.29 bits per heavy atom. The Kier molecular flexibility index (Phi) is 3.51. The molecule has 0 aromatic carbocycles. The highest BCUT2D eigenvalue weighted by Gasteiger charge is 2.48. The number of hydrogen-bond acceptors (Lipinski definition) is 4. The molecule has 0 spiro atoms. The Bertz CT molecular complexity index is 374. The summed E-state index contributed by atoms with van der Waals surface area (Å²) in [7, 11) is -3.23. The third-order valence-corrected chi connectivity index (χ3v) is 6.67. The van der Waals surface area contributed by atoms with E-state index in [2.05, 4.69) is 0 Å². The van der Waals surface area contributed by atoms with E-state index in [1.807, 2.05) is 13.8 Å². The fraction of sp³-hybridized carbons (Fsp3) is 1.00. The Morgan fingerprint density at radius 1 is 1.24 bits per heavy atom. The lowest BCUT2D eigenvalue weighted by molar-refractivity contribution is 0.0964. The van der Waals surface area contributed by atoms with Gasteiger partial charge in [-0.05, 0) is 33.1 Å². The van der Waals surface area contributed by atoms with Gasteiger partial charge in [-0.15, -0.1) is 0 Å². The van der Waals surface area contributed by atoms with Crippen LogP contribution in [0.3, 0.4) is 0 Å². The monoisotopic (exact) mass is 262 g/mol. The minimum atomic E-state index is -3.23. The molecule has 0 aromatic rings. The fourth-order valence-corrected chi connectivity index (χ4v) is 4.99. The summed E-state index contributed by atoms with van der Waals surface area (Å²) in [6, 6.07) is -0.0721. The SMILES string of the molecule is CC1(C)C(N)CCN1S(=O)(=O)C1CCOCC1. The highest BCUT2D eigenvalue weighted by Crippen LogP contribution is 2.33. The lowest BCUT2D eigenvalue weighted by Gasteiger charge is -2.36. The maximum Gasteiger partial charge on any atom is 0.217 e. The summed E-state index contributed by atoms with van der Waals surface area (Å²) >= 11 is 0. The smallest absolute Gasteiger partial charge is 0.217 e. The second-order valence-corrected chi connectivity index (χ2v) is 7.62. The van der Waals surface area contributed by atoms with Gasteiger partial charge in [0.15, 0.2) is 0 Å². The first kappa shape index (κ1) is 13.3. The van der Waals surface area contributed by atoms with Gasteiger partial charge in [-0.2, -0.15) is 4.31 Å². The van der Waals surface area contributed by atoms with Gasteiger partial charge in [-0.3, -0.25) is 0 Å². The summed E-state index contributed by atoms with van der Waals surface area (Å²) in [6.07, 6.45) is 1.95. The average molecular weight is 262 g/mol. The van der Waals surface area contributed by atoms with Crippen LogP contribution in [0.4, 0.5) is 0 Å². The fourth-order valence-electron chi connectivity index (χ4n) is 2.69. The maximum atomic E-state index is 12.6. The molecule has 2 N–H and O–H groups in total. The van der Waals surface area contributed by atoms with Crippen molar-refractivity contribution in [1.82, 2.24) is 4.31 Å². The van der Waals surface area contributed by atoms with Crippen molar-refractivity contribution in [3.63, 3.8) is 0 Å². The van der Waals surface area contributed by atoms with Crippen LogP contribution >= 0.6 is 0 Å². The van der Waals surface area contributed by atoms with E-state index in [1.165, 1.54) is 0 Å². The van der Waals surface area contributed by atoms with Gasteiger partial charge in [0.25, 0.3) is 0 Å². The molecule has 2 fully saturated rings. The zero-order valence-corrected chi connectivity index (χ0v) is 11.4. The molecule has 0 aliphatic carbocycles. The van der Waals surface area contributed by atoms with E-state index in [-0.39, 0.29) is 11.3 Å². The van der Waals surface area contributed by atoms with E-state index in [9.17, 15) is 8.42 Å². The van der Waals surface area contributed by atoms with E-state index >= 15 is 0 Å². The van der Waals surface area contributed by atoms with Crippen LogP contribution in [0.1, 0.15) is 33.1 Å². The van der Waals surface area contributed by atoms with Gasteiger partial charge in [-0.1, -0.05) is 0 Å². The summed E-state index contributed by atoms with van der Waals surface area (Å²) in [5.74, 6) is 0. The van der Waals surface area contributed by atoms with Crippen molar-refractivity contribution in [3.8, 4) is 0 Å². The van der Waals surface area contributed by atoms with Crippen LogP contribution < -0.4 is 5.73 Å². The molecule has 1 unspecified atom stereocenters. The van der Waals surface area contributed by atoms with Gasteiger partial charge in [-0.25, -0.2) is 8.42 Å². The number of nitrogens with two attached hydrogens (primary N) is 1. The Morgan fingerprint density at radius 2 is 1.82 bits per heavy atom. The zero-order chi connectivity index (χ0) is 12.7. The summed E-state index contributed by atoms with van der Waals surface area (Å²) in [4.78, 5) is 0. The largest absolute Gasteiger partial charge is 0.381 e. The van der Waals surface area contributed by atoms with Crippen molar-refractivity contribution < 1.29 is 13.2 Å². The molecule has 0 amide bonds. The molecular formula is C11H22N2O3S. The van der Waals surface area contributed by atoms with Crippen LogP contribution in [0.5, 0.6) is 0 Å². The van der Waals surface area contributed by atoms with E-state index in [0.717, 1.165) is 6.42 Å². The molecule has 0 aromatic heterocycles. The topological polar surface area (TPSA) is 72.6 Å². The predicted molar refractivity (Wildman–Crippen MR) is 66.1 cm³/mol. The van der Waals surface area contributed by atoms with E-state index in [0.29, 0.717) is 32.6 Å². The number of rotatable bonds is 2. The molecule has 2 saturated heterocycles. The molecule has 6 heteroatoms. The minimum absolute atomic E-state index is 0.0721. The first-order chi connectivity index (χ1) is 7.87. The van der Waals surface area contributed by atoms with Gasteiger partial charge in [0.2, 0.25) is 10.0 Å². The first-order valence-corrected chi connectivity index (χ1v) is 7.72. The Balaban J connectivity index is 2.21. The molecule has 0 saturated carbocycles. The Labute approximate surface area is 103 Å². The third kappa shape index (κ3) is 2.23. The number of nitrogens with zero attached hydrogens (tertiary/aromatic N) is 1. The van der Waals surface area contributed by atoms with Crippen LogP contribution in [-0.4, -0.2) is 49.3 Å². The van der Waals surface area contributed by atoms with Crippen molar-refractivity contribution in [2.75, 3.05) is 19.8 Å². The summed E-state index contributed by atoms with van der Waals surface area (Å²) < 4.78 is 32.0. The second-order valence-electron chi connectivity index (χ2n) is 5.48. The van der Waals surface area contributed by atoms with Crippen molar-refractivity contribution in [3.05, 3.63) is 0 Å². The summed E-state index contributed by atoms with van der Waals surface area (Å²) in [6.45, 7) is 5.48. The van der Waals surface area contributed by atoms with Gasteiger partial charge in [0.05, 0.1) is 5.25 Å². The quantitative estimate of drug-likeness (QED) is 0.777. The first-order valence-electron chi connectivity index (χ1n) is 6.22. The van der Waals surface area contributed by atoms with Gasteiger partial charge < -0.3 is 10.5 Å². The number of ether oxygens (including phenoxy) is 1. The molecular weight excluding hydrogens is 240 g/mol. The molecule has 2 rings (SSSR count). The minimum Gasteiger partial charge on any atom is -0.381 e. The van der Waals surface area contributed by atoms with Crippen LogP contribution in [-0.2, 0) is 14.8 Å². The van der Waals surface area contributed by atoms with E-state index in [1.54, 1.807) is 4.31 Å². The van der Waals surface area contributed by atoms with Gasteiger partial charge in [0, 0.05) is 31.3 Å². The van der Waals surface area contributed by atoms with Crippen molar-refractivity contribution in [2.45, 2.75) is 49.9 Å². The molecule has 2 aliphatic heterocycles. The van der Waals surface area contributed by atoms with Crippen LogP contribution in [0.15, 0.2) is 0 Å². The summed E-state index contributed by atoms with van der Waals surface area (Å²) in [5.41, 5.74) is 5.54. The highest BCUT2D eigenvalue weighted by molar-refractivity contribution is 7.89. The third-order valence-electron chi connectivity index (χ3n) is 4.09. The lowest BCUT2D eigenvalue weighted by atomic mass is 9.98. The molecule has 17 heavy (non-hydrogen) atoms. The van der Waals surface area contributed by atoms with Gasteiger partial charge >= 0.3 is 0 Å². The predicted octanol–water partition coefficient (Wildman–Crippen LogP) is 0.307. The number of sulfonamides is 1. The molecule has 1 atom stereocenters. The average Bonchev–Trinajstić information content (AvgIpc) is 2.55. The molecule has 2 heterocycles. The standard InChI is InChI=1S/C11H22N2O3S/c1-11(2)10(12)3-6-13(11)17(14,15)9-4-7-16-8-5-9/h9-10H,3-8,12H2,1-2H3. The van der Waals surface area contributed by atoms with E-state index in [4.69, 9.17) is 10.5 Å². The van der Waals surface area contributed by atoms with Crippen molar-refractivity contribution in [1.29, 1.82) is 0 Å². The van der Waals surface area contributed by atoms with Gasteiger partial charge in [0.1, 0.15) is 0 Å².